The lowest BCUT2D eigenvalue weighted by Crippen LogP contribution is -2.38. The summed E-state index contributed by atoms with van der Waals surface area (Å²) in [6.45, 7) is 2.57. The van der Waals surface area contributed by atoms with E-state index in [0.717, 1.165) is 13.1 Å². The summed E-state index contributed by atoms with van der Waals surface area (Å²) in [5, 5.41) is 6.62. The van der Waals surface area contributed by atoms with Gasteiger partial charge < -0.3 is 15.4 Å². The van der Waals surface area contributed by atoms with Gasteiger partial charge in [-0.05, 0) is 18.6 Å². The molecule has 5 heteroatoms. The van der Waals surface area contributed by atoms with Gasteiger partial charge in [0.25, 0.3) is 0 Å². The lowest BCUT2D eigenvalue weighted by molar-refractivity contribution is -0.120. The average molecular weight is 246 g/mol. The van der Waals surface area contributed by atoms with Crippen LogP contribution in [0.15, 0.2) is 0 Å². The maximum atomic E-state index is 11.4. The minimum atomic E-state index is 0.0854. The summed E-state index contributed by atoms with van der Waals surface area (Å²) in [6, 6.07) is 0. The van der Waals surface area contributed by atoms with E-state index < -0.39 is 0 Å². The first-order chi connectivity index (χ1) is 7.83. The van der Waals surface area contributed by atoms with Crippen molar-refractivity contribution in [2.24, 2.45) is 0 Å². The zero-order valence-corrected chi connectivity index (χ0v) is 10.8. The van der Waals surface area contributed by atoms with Crippen molar-refractivity contribution >= 4 is 17.7 Å². The van der Waals surface area contributed by atoms with Crippen molar-refractivity contribution in [2.75, 3.05) is 39.1 Å². The van der Waals surface area contributed by atoms with Crippen LogP contribution >= 0.6 is 11.8 Å². The Morgan fingerprint density at radius 3 is 3.06 bits per heavy atom. The maximum Gasteiger partial charge on any atom is 0.233 e. The van der Waals surface area contributed by atoms with Gasteiger partial charge in [0.1, 0.15) is 0 Å². The van der Waals surface area contributed by atoms with Crippen molar-refractivity contribution in [3.8, 4) is 0 Å². The van der Waals surface area contributed by atoms with Crippen molar-refractivity contribution < 1.29 is 9.53 Å². The molecule has 1 unspecified atom stereocenters. The first kappa shape index (κ1) is 13.8. The molecule has 94 valence electrons. The SMILES string of the molecule is COCCNCC(=O)NCC1CCCCS1. The monoisotopic (exact) mass is 246 g/mol. The Balaban J connectivity index is 1.96. The van der Waals surface area contributed by atoms with E-state index in [0.29, 0.717) is 18.4 Å². The number of ether oxygens (including phenoxy) is 1. The summed E-state index contributed by atoms with van der Waals surface area (Å²) in [7, 11) is 1.65. The largest absolute Gasteiger partial charge is 0.383 e. The molecule has 0 saturated carbocycles. The molecule has 0 bridgehead atoms. The molecule has 1 aliphatic rings. The van der Waals surface area contributed by atoms with Gasteiger partial charge in [-0.3, -0.25) is 4.79 Å². The van der Waals surface area contributed by atoms with E-state index in [2.05, 4.69) is 10.6 Å². The third kappa shape index (κ3) is 6.35. The number of hydrogen-bond donors (Lipinski definition) is 2. The van der Waals surface area contributed by atoms with Crippen LogP contribution in [-0.2, 0) is 9.53 Å². The third-order valence-electron chi connectivity index (χ3n) is 2.57. The predicted molar refractivity (Wildman–Crippen MR) is 67.9 cm³/mol. The summed E-state index contributed by atoms with van der Waals surface area (Å²) in [5.74, 6) is 1.33. The van der Waals surface area contributed by atoms with Gasteiger partial charge in [0.05, 0.1) is 13.2 Å². The second-order valence-corrected chi connectivity index (χ2v) is 5.37. The van der Waals surface area contributed by atoms with Crippen molar-refractivity contribution in [3.05, 3.63) is 0 Å². The van der Waals surface area contributed by atoms with E-state index in [1.165, 1.54) is 25.0 Å². The number of carbonyl (C=O) groups is 1. The van der Waals surface area contributed by atoms with Crippen molar-refractivity contribution in [2.45, 2.75) is 24.5 Å². The lowest BCUT2D eigenvalue weighted by atomic mass is 10.2. The van der Waals surface area contributed by atoms with E-state index >= 15 is 0 Å². The predicted octanol–water partition coefficient (Wildman–Crippen LogP) is 0.624. The summed E-state index contributed by atoms with van der Waals surface area (Å²) < 4.78 is 4.88. The topological polar surface area (TPSA) is 50.4 Å². The minimum absolute atomic E-state index is 0.0854. The van der Waals surface area contributed by atoms with E-state index in [4.69, 9.17) is 4.74 Å². The molecule has 1 heterocycles. The normalized spacial score (nSPS) is 20.7. The van der Waals surface area contributed by atoms with Crippen LogP contribution in [0.3, 0.4) is 0 Å². The molecule has 0 radical (unpaired) electrons. The zero-order chi connectivity index (χ0) is 11.6. The Bertz CT molecular complexity index is 196. The fourth-order valence-electron chi connectivity index (χ4n) is 1.63. The van der Waals surface area contributed by atoms with E-state index in [9.17, 15) is 4.79 Å². The van der Waals surface area contributed by atoms with Gasteiger partial charge in [-0.1, -0.05) is 6.42 Å². The molecule has 1 fully saturated rings. The Hall–Kier alpha value is -0.260. The van der Waals surface area contributed by atoms with Crippen molar-refractivity contribution in [1.82, 2.24) is 10.6 Å². The standard InChI is InChI=1S/C11H22N2O2S/c1-15-6-5-12-9-11(14)13-8-10-4-2-3-7-16-10/h10,12H,2-9H2,1H3,(H,13,14). The van der Waals surface area contributed by atoms with Gasteiger partial charge in [-0.25, -0.2) is 0 Å². The number of hydrogen-bond acceptors (Lipinski definition) is 4. The van der Waals surface area contributed by atoms with Gasteiger partial charge in [0.2, 0.25) is 5.91 Å². The molecule has 1 aliphatic heterocycles. The molecule has 0 aromatic heterocycles. The molecular formula is C11H22N2O2S. The van der Waals surface area contributed by atoms with Gasteiger partial charge in [-0.2, -0.15) is 11.8 Å². The summed E-state index contributed by atoms with van der Waals surface area (Å²) in [5.41, 5.74) is 0. The second kappa shape index (κ2) is 8.84. The van der Waals surface area contributed by atoms with E-state index in [1.54, 1.807) is 7.11 Å². The molecule has 1 amide bonds. The Morgan fingerprint density at radius 1 is 1.50 bits per heavy atom. The average Bonchev–Trinajstić information content (AvgIpc) is 2.33. The molecule has 2 N–H and O–H groups in total. The molecule has 1 rings (SSSR count). The number of nitrogens with one attached hydrogen (secondary N) is 2. The molecule has 4 nitrogen and oxygen atoms in total. The number of amides is 1. The Labute approximate surface area is 102 Å². The highest BCUT2D eigenvalue weighted by Gasteiger charge is 2.14. The summed E-state index contributed by atoms with van der Waals surface area (Å²) in [6.07, 6.45) is 3.87. The number of carbonyl (C=O) groups excluding carboxylic acids is 1. The highest BCUT2D eigenvalue weighted by atomic mass is 32.2. The first-order valence-corrected chi connectivity index (χ1v) is 6.95. The third-order valence-corrected chi connectivity index (χ3v) is 3.97. The van der Waals surface area contributed by atoms with Crippen LogP contribution in [0.5, 0.6) is 0 Å². The van der Waals surface area contributed by atoms with Crippen LogP contribution in [0.1, 0.15) is 19.3 Å². The smallest absolute Gasteiger partial charge is 0.233 e. The minimum Gasteiger partial charge on any atom is -0.383 e. The molecule has 1 saturated heterocycles. The highest BCUT2D eigenvalue weighted by Crippen LogP contribution is 2.24. The number of rotatable bonds is 7. The molecule has 1 atom stereocenters. The molecule has 16 heavy (non-hydrogen) atoms. The Kier molecular flexibility index (Phi) is 7.63. The number of methoxy groups -OCH3 is 1. The lowest BCUT2D eigenvalue weighted by Gasteiger charge is -2.21. The summed E-state index contributed by atoms with van der Waals surface area (Å²) in [4.78, 5) is 11.4. The quantitative estimate of drug-likeness (QED) is 0.647. The van der Waals surface area contributed by atoms with Gasteiger partial charge in [0, 0.05) is 25.4 Å². The summed E-state index contributed by atoms with van der Waals surface area (Å²) >= 11 is 1.98. The first-order valence-electron chi connectivity index (χ1n) is 5.91. The highest BCUT2D eigenvalue weighted by molar-refractivity contribution is 7.99. The van der Waals surface area contributed by atoms with E-state index in [1.807, 2.05) is 11.8 Å². The van der Waals surface area contributed by atoms with Gasteiger partial charge in [-0.15, -0.1) is 0 Å². The van der Waals surface area contributed by atoms with Crippen LogP contribution < -0.4 is 10.6 Å². The van der Waals surface area contributed by atoms with Crippen LogP contribution in [0.4, 0.5) is 0 Å². The second-order valence-electron chi connectivity index (χ2n) is 3.96. The fourth-order valence-corrected chi connectivity index (χ4v) is 2.87. The molecule has 0 spiro atoms. The van der Waals surface area contributed by atoms with Gasteiger partial charge >= 0.3 is 0 Å². The maximum absolute atomic E-state index is 11.4. The zero-order valence-electron chi connectivity index (χ0n) is 9.96. The van der Waals surface area contributed by atoms with Crippen LogP contribution in [0.25, 0.3) is 0 Å². The van der Waals surface area contributed by atoms with Crippen LogP contribution in [0, 0.1) is 0 Å². The van der Waals surface area contributed by atoms with Gasteiger partial charge in [0.15, 0.2) is 0 Å². The number of thioether (sulfide) groups is 1. The van der Waals surface area contributed by atoms with E-state index in [-0.39, 0.29) is 5.91 Å². The van der Waals surface area contributed by atoms with Crippen LogP contribution in [0.2, 0.25) is 0 Å². The Morgan fingerprint density at radius 2 is 2.38 bits per heavy atom. The molecule has 0 aromatic rings. The molecule has 0 aromatic carbocycles. The van der Waals surface area contributed by atoms with Crippen molar-refractivity contribution in [1.29, 1.82) is 0 Å². The molecular weight excluding hydrogens is 224 g/mol. The van der Waals surface area contributed by atoms with Crippen molar-refractivity contribution in [3.63, 3.8) is 0 Å². The fraction of sp³-hybridized carbons (Fsp3) is 0.909. The molecule has 0 aliphatic carbocycles. The van der Waals surface area contributed by atoms with Crippen LogP contribution in [-0.4, -0.2) is 50.3 Å².